The van der Waals surface area contributed by atoms with Gasteiger partial charge in [0.15, 0.2) is 0 Å². The first-order chi connectivity index (χ1) is 14.0. The molecule has 2 aromatic rings. The maximum atomic E-state index is 14.0. The third-order valence-electron chi connectivity index (χ3n) is 5.29. The first kappa shape index (κ1) is 21.2. The van der Waals surface area contributed by atoms with Crippen molar-refractivity contribution in [3.8, 4) is 5.75 Å². The van der Waals surface area contributed by atoms with Gasteiger partial charge in [-0.25, -0.2) is 8.78 Å². The highest BCUT2D eigenvalue weighted by molar-refractivity contribution is 5.82. The number of hydrogen-bond acceptors (Lipinski definition) is 3. The highest BCUT2D eigenvalue weighted by Gasteiger charge is 2.43. The molecule has 1 aliphatic heterocycles. The van der Waals surface area contributed by atoms with Gasteiger partial charge in [0.05, 0.1) is 6.04 Å². The summed E-state index contributed by atoms with van der Waals surface area (Å²) in [6.07, 6.45) is 0.253. The van der Waals surface area contributed by atoms with Crippen molar-refractivity contribution in [2.75, 3.05) is 19.7 Å². The highest BCUT2D eigenvalue weighted by atomic mass is 19.3. The van der Waals surface area contributed by atoms with Crippen molar-refractivity contribution >= 4 is 5.91 Å². The van der Waals surface area contributed by atoms with E-state index < -0.39 is 18.4 Å². The van der Waals surface area contributed by atoms with Gasteiger partial charge in [-0.3, -0.25) is 9.69 Å². The molecule has 1 heterocycles. The molecule has 6 heteroatoms. The minimum atomic E-state index is -2.82. The van der Waals surface area contributed by atoms with Crippen LogP contribution in [0.5, 0.6) is 5.75 Å². The number of nitrogens with one attached hydrogen (secondary N) is 1. The molecule has 0 saturated carbocycles. The van der Waals surface area contributed by atoms with E-state index in [4.69, 9.17) is 4.74 Å². The molecular weight excluding hydrogens is 374 g/mol. The zero-order valence-corrected chi connectivity index (χ0v) is 16.7. The van der Waals surface area contributed by atoms with Crippen molar-refractivity contribution in [3.63, 3.8) is 0 Å². The van der Waals surface area contributed by atoms with Crippen LogP contribution in [0.3, 0.4) is 0 Å². The number of ether oxygens (including phenoxy) is 1. The molecule has 1 atom stereocenters. The number of hydrogen-bond donors (Lipinski definition) is 1. The lowest BCUT2D eigenvalue weighted by Crippen LogP contribution is -2.55. The van der Waals surface area contributed by atoms with E-state index in [0.717, 1.165) is 17.7 Å². The van der Waals surface area contributed by atoms with Gasteiger partial charge in [0.25, 0.3) is 5.92 Å². The predicted octanol–water partition coefficient (Wildman–Crippen LogP) is 4.04. The molecule has 29 heavy (non-hydrogen) atoms. The Balaban J connectivity index is 1.56. The molecule has 4 nitrogen and oxygen atoms in total. The first-order valence-electron chi connectivity index (χ1n) is 10.1. The van der Waals surface area contributed by atoms with E-state index in [0.29, 0.717) is 19.7 Å². The standard InChI is InChI=1S/C23H28F2N2O2/c1-2-18-8-10-19(11-9-18)17-26-22(28)21-16-23(24,25)12-13-27(21)14-15-29-20-6-4-3-5-7-20/h3-11,21H,2,12-17H2,1H3,(H,26,28). The van der Waals surface area contributed by atoms with E-state index in [1.165, 1.54) is 5.56 Å². The van der Waals surface area contributed by atoms with Crippen LogP contribution >= 0.6 is 0 Å². The average molecular weight is 402 g/mol. The fraction of sp³-hybridized carbons (Fsp3) is 0.435. The van der Waals surface area contributed by atoms with E-state index in [1.54, 1.807) is 4.90 Å². The third kappa shape index (κ3) is 6.26. The van der Waals surface area contributed by atoms with Gasteiger partial charge in [0.1, 0.15) is 12.4 Å². The van der Waals surface area contributed by atoms with Crippen molar-refractivity contribution < 1.29 is 18.3 Å². The topological polar surface area (TPSA) is 41.6 Å². The number of para-hydroxylation sites is 1. The summed E-state index contributed by atoms with van der Waals surface area (Å²) in [5.74, 6) is -2.45. The Kier molecular flexibility index (Phi) is 7.20. The molecule has 1 fully saturated rings. The Labute approximate surface area is 170 Å². The van der Waals surface area contributed by atoms with Gasteiger partial charge in [-0.15, -0.1) is 0 Å². The number of carbonyl (C=O) groups excluding carboxylic acids is 1. The summed E-state index contributed by atoms with van der Waals surface area (Å²) in [7, 11) is 0. The van der Waals surface area contributed by atoms with Crippen LogP contribution in [0.1, 0.15) is 30.9 Å². The number of benzene rings is 2. The van der Waals surface area contributed by atoms with E-state index >= 15 is 0 Å². The molecule has 0 aromatic heterocycles. The van der Waals surface area contributed by atoms with Crippen molar-refractivity contribution in [2.45, 2.75) is 44.7 Å². The number of carbonyl (C=O) groups is 1. The molecule has 0 aliphatic carbocycles. The molecule has 3 rings (SSSR count). The number of aryl methyl sites for hydroxylation is 1. The van der Waals surface area contributed by atoms with Crippen LogP contribution in [0, 0.1) is 0 Å². The predicted molar refractivity (Wildman–Crippen MR) is 109 cm³/mol. The van der Waals surface area contributed by atoms with Crippen molar-refractivity contribution in [1.29, 1.82) is 0 Å². The number of nitrogens with zero attached hydrogens (tertiary/aromatic N) is 1. The summed E-state index contributed by atoms with van der Waals surface area (Å²) in [5.41, 5.74) is 2.17. The summed E-state index contributed by atoms with van der Waals surface area (Å²) < 4.78 is 33.6. The lowest BCUT2D eigenvalue weighted by molar-refractivity contribution is -0.138. The van der Waals surface area contributed by atoms with Gasteiger partial charge in [0.2, 0.25) is 5.91 Å². The third-order valence-corrected chi connectivity index (χ3v) is 5.29. The molecule has 156 valence electrons. The van der Waals surface area contributed by atoms with Crippen LogP contribution in [0.25, 0.3) is 0 Å². The van der Waals surface area contributed by atoms with Gasteiger partial charge in [-0.2, -0.15) is 0 Å². The van der Waals surface area contributed by atoms with Gasteiger partial charge in [0, 0.05) is 32.5 Å². The van der Waals surface area contributed by atoms with Gasteiger partial charge < -0.3 is 10.1 Å². The number of likely N-dealkylation sites (tertiary alicyclic amines) is 1. The number of halogens is 2. The molecule has 2 aromatic carbocycles. The summed E-state index contributed by atoms with van der Waals surface area (Å²) >= 11 is 0. The zero-order chi connectivity index (χ0) is 20.7. The van der Waals surface area contributed by atoms with Crippen molar-refractivity contribution in [2.24, 2.45) is 0 Å². The maximum absolute atomic E-state index is 14.0. The van der Waals surface area contributed by atoms with Crippen LogP contribution in [0.2, 0.25) is 0 Å². The largest absolute Gasteiger partial charge is 0.492 e. The van der Waals surface area contributed by atoms with Crippen LogP contribution in [-0.2, 0) is 17.8 Å². The monoisotopic (exact) mass is 402 g/mol. The SMILES string of the molecule is CCc1ccc(CNC(=O)C2CC(F)(F)CCN2CCOc2ccccc2)cc1. The van der Waals surface area contributed by atoms with Gasteiger partial charge in [-0.1, -0.05) is 49.4 Å². The summed E-state index contributed by atoms with van der Waals surface area (Å²) in [4.78, 5) is 14.5. The molecule has 0 bridgehead atoms. The van der Waals surface area contributed by atoms with Gasteiger partial charge in [-0.05, 0) is 29.7 Å². The molecule has 1 amide bonds. The van der Waals surface area contributed by atoms with Crippen molar-refractivity contribution in [3.05, 3.63) is 65.7 Å². The molecule has 1 saturated heterocycles. The second-order valence-corrected chi connectivity index (χ2v) is 7.41. The van der Waals surface area contributed by atoms with E-state index in [9.17, 15) is 13.6 Å². The lowest BCUT2D eigenvalue weighted by atomic mass is 9.97. The van der Waals surface area contributed by atoms with E-state index in [1.807, 2.05) is 54.6 Å². The Morgan fingerprint density at radius 2 is 1.83 bits per heavy atom. The number of alkyl halides is 2. The molecule has 0 radical (unpaired) electrons. The second kappa shape index (κ2) is 9.83. The Hall–Kier alpha value is -2.47. The molecule has 1 unspecified atom stereocenters. The number of piperidine rings is 1. The zero-order valence-electron chi connectivity index (χ0n) is 16.7. The quantitative estimate of drug-likeness (QED) is 0.725. The minimum Gasteiger partial charge on any atom is -0.492 e. The van der Waals surface area contributed by atoms with Crippen LogP contribution in [0.4, 0.5) is 8.78 Å². The summed E-state index contributed by atoms with van der Waals surface area (Å²) in [6.45, 7) is 3.36. The summed E-state index contributed by atoms with van der Waals surface area (Å²) in [5, 5.41) is 2.83. The first-order valence-corrected chi connectivity index (χ1v) is 10.1. The maximum Gasteiger partial charge on any atom is 0.251 e. The van der Waals surface area contributed by atoms with Gasteiger partial charge >= 0.3 is 0 Å². The minimum absolute atomic E-state index is 0.175. The smallest absolute Gasteiger partial charge is 0.251 e. The van der Waals surface area contributed by atoms with Crippen LogP contribution in [-0.4, -0.2) is 42.5 Å². The fourth-order valence-corrected chi connectivity index (χ4v) is 3.50. The van der Waals surface area contributed by atoms with Crippen LogP contribution in [0.15, 0.2) is 54.6 Å². The number of rotatable bonds is 8. The molecule has 0 spiro atoms. The lowest BCUT2D eigenvalue weighted by Gasteiger charge is -2.38. The molecule has 1 aliphatic rings. The number of amides is 1. The van der Waals surface area contributed by atoms with Crippen LogP contribution < -0.4 is 10.1 Å². The Morgan fingerprint density at radius 3 is 2.52 bits per heavy atom. The van der Waals surface area contributed by atoms with E-state index in [2.05, 4.69) is 12.2 Å². The Morgan fingerprint density at radius 1 is 1.14 bits per heavy atom. The highest BCUT2D eigenvalue weighted by Crippen LogP contribution is 2.32. The fourth-order valence-electron chi connectivity index (χ4n) is 3.50. The van der Waals surface area contributed by atoms with E-state index in [-0.39, 0.29) is 18.9 Å². The molecule has 1 N–H and O–H groups in total. The van der Waals surface area contributed by atoms with Crippen molar-refractivity contribution in [1.82, 2.24) is 10.2 Å². The Bertz CT molecular complexity index is 781. The average Bonchev–Trinajstić information content (AvgIpc) is 2.74. The summed E-state index contributed by atoms with van der Waals surface area (Å²) in [6, 6.07) is 16.4. The molecular formula is C23H28F2N2O2. The second-order valence-electron chi connectivity index (χ2n) is 7.41. The normalized spacial score (nSPS) is 18.9.